The van der Waals surface area contributed by atoms with Crippen LogP contribution in [0, 0.1) is 0 Å². The van der Waals surface area contributed by atoms with E-state index in [0.717, 1.165) is 11.3 Å². The third kappa shape index (κ3) is 14.4. The normalized spacial score (nSPS) is 17.1. The molecule has 1 heterocycles. The summed E-state index contributed by atoms with van der Waals surface area (Å²) in [5, 5.41) is 43.8. The summed E-state index contributed by atoms with van der Waals surface area (Å²) in [4.78, 5) is 65.8. The van der Waals surface area contributed by atoms with Crippen LogP contribution in [0.2, 0.25) is 0 Å². The number of benzene rings is 1. The highest BCUT2D eigenvalue weighted by molar-refractivity contribution is 7.79. The van der Waals surface area contributed by atoms with Gasteiger partial charge in [-0.1, -0.05) is 24.4 Å². The van der Waals surface area contributed by atoms with E-state index in [1.54, 1.807) is 19.6 Å². The summed E-state index contributed by atoms with van der Waals surface area (Å²) < 4.78 is 0. The molecule has 43 heavy (non-hydrogen) atoms. The van der Waals surface area contributed by atoms with Crippen LogP contribution in [-0.2, 0) is 30.5 Å². The highest BCUT2D eigenvalue weighted by Crippen LogP contribution is 2.12. The van der Waals surface area contributed by atoms with Gasteiger partial charge in [0.2, 0.25) is 5.91 Å². The molecule has 1 fully saturated rings. The Bertz CT molecular complexity index is 1070. The summed E-state index contributed by atoms with van der Waals surface area (Å²) in [5.74, 6) is -4.69. The second kappa shape index (κ2) is 18.8. The van der Waals surface area contributed by atoms with E-state index in [1.165, 1.54) is 5.49 Å². The van der Waals surface area contributed by atoms with E-state index in [1.807, 2.05) is 24.3 Å². The number of carboxylic acid groups (broad SMARTS) is 4. The molecule has 0 aliphatic carbocycles. The Morgan fingerprint density at radius 1 is 0.744 bits per heavy atom. The molecule has 16 heteroatoms. The summed E-state index contributed by atoms with van der Waals surface area (Å²) >= 11 is 4.76. The van der Waals surface area contributed by atoms with E-state index in [0.29, 0.717) is 0 Å². The minimum absolute atomic E-state index is 0.0110. The summed E-state index contributed by atoms with van der Waals surface area (Å²) in [7, 11) is 0. The van der Waals surface area contributed by atoms with Crippen LogP contribution in [0.15, 0.2) is 24.3 Å². The number of hydrogen-bond donors (Lipinski definition) is 6. The van der Waals surface area contributed by atoms with Gasteiger partial charge >= 0.3 is 23.9 Å². The molecule has 1 amide bonds. The maximum atomic E-state index is 12.6. The van der Waals surface area contributed by atoms with E-state index < -0.39 is 29.9 Å². The molecule has 0 saturated carbocycles. The summed E-state index contributed by atoms with van der Waals surface area (Å²) in [6, 6.07) is 6.20. The van der Waals surface area contributed by atoms with Crippen LogP contribution in [0.4, 0.5) is 5.69 Å². The number of rotatable bonds is 15. The number of anilines is 1. The zero-order chi connectivity index (χ0) is 31.8. The number of nitrogens with one attached hydrogen (secondary N) is 2. The molecule has 1 aromatic carbocycles. The maximum Gasteiger partial charge on any atom is 0.320 e. The van der Waals surface area contributed by atoms with E-state index in [2.05, 4.69) is 10.6 Å². The average Bonchev–Trinajstić information content (AvgIpc) is 2.92. The molecule has 1 atom stereocenters. The van der Waals surface area contributed by atoms with Crippen molar-refractivity contribution in [2.45, 2.75) is 25.4 Å². The molecule has 1 aromatic rings. The molecule has 6 N–H and O–H groups in total. The van der Waals surface area contributed by atoms with Gasteiger partial charge in [-0.3, -0.25) is 43.6 Å². The SMILES string of the molecule is O=C(O)CN1CCN(CC(=O)O)CCN(C(CCC(=O)NCc2ccc(NC=S)cc2)C(=O)O)CCN(CC(=O)O)CC1. The lowest BCUT2D eigenvalue weighted by atomic mass is 10.1. The third-order valence-electron chi connectivity index (χ3n) is 6.99. The van der Waals surface area contributed by atoms with Gasteiger partial charge in [-0.15, -0.1) is 0 Å². The Kier molecular flexibility index (Phi) is 15.5. The first-order valence-electron chi connectivity index (χ1n) is 13.8. The van der Waals surface area contributed by atoms with E-state index >= 15 is 0 Å². The number of nitrogens with zero attached hydrogens (tertiary/aromatic N) is 4. The van der Waals surface area contributed by atoms with Gasteiger partial charge in [-0.25, -0.2) is 0 Å². The lowest BCUT2D eigenvalue weighted by molar-refractivity contribution is -0.145. The zero-order valence-electron chi connectivity index (χ0n) is 23.9. The molecule has 0 aromatic heterocycles. The number of carbonyl (C=O) groups excluding carboxylic acids is 1. The minimum Gasteiger partial charge on any atom is -0.480 e. The number of amides is 1. The highest BCUT2D eigenvalue weighted by Gasteiger charge is 2.28. The predicted molar refractivity (Wildman–Crippen MR) is 160 cm³/mol. The van der Waals surface area contributed by atoms with Crippen molar-refractivity contribution in [1.82, 2.24) is 24.9 Å². The fourth-order valence-corrected chi connectivity index (χ4v) is 4.85. The zero-order valence-corrected chi connectivity index (χ0v) is 24.7. The van der Waals surface area contributed by atoms with Crippen LogP contribution >= 0.6 is 12.2 Å². The van der Waals surface area contributed by atoms with Crippen molar-refractivity contribution in [3.8, 4) is 0 Å². The first-order valence-corrected chi connectivity index (χ1v) is 14.3. The van der Waals surface area contributed by atoms with Crippen LogP contribution in [-0.4, -0.2) is 153 Å². The number of carbonyl (C=O) groups is 5. The van der Waals surface area contributed by atoms with Gasteiger partial charge < -0.3 is 31.1 Å². The molecule has 2 rings (SSSR count). The Morgan fingerprint density at radius 2 is 1.19 bits per heavy atom. The van der Waals surface area contributed by atoms with Crippen molar-refractivity contribution in [3.05, 3.63) is 29.8 Å². The quantitative estimate of drug-likeness (QED) is 0.135. The van der Waals surface area contributed by atoms with E-state index in [9.17, 15) is 44.4 Å². The minimum atomic E-state index is -1.15. The number of hydrogen-bond acceptors (Lipinski definition) is 10. The first kappa shape index (κ1) is 35.5. The van der Waals surface area contributed by atoms with Gasteiger partial charge in [0.05, 0.1) is 25.1 Å². The van der Waals surface area contributed by atoms with Gasteiger partial charge in [0, 0.05) is 71.0 Å². The standard InChI is InChI=1S/C27H40N6O9S/c34-23(28-15-20-1-3-21(4-2-20)29-19-43)6-5-22(27(41)42)33-13-11-31(17-25(37)38)9-7-30(16-24(35)36)8-10-32(12-14-33)18-26(39)40/h1-4,19,22H,5-18H2,(H,28,34)(H,29,43)(H,35,36)(H,37,38)(H,39,40)(H,41,42). The number of thiocarbonyl (C=S) groups is 1. The molecule has 238 valence electrons. The lowest BCUT2D eigenvalue weighted by Crippen LogP contribution is -2.52. The fourth-order valence-electron chi connectivity index (χ4n) is 4.72. The van der Waals surface area contributed by atoms with Crippen molar-refractivity contribution in [2.24, 2.45) is 0 Å². The number of aliphatic carboxylic acids is 4. The van der Waals surface area contributed by atoms with Crippen molar-refractivity contribution in [1.29, 1.82) is 0 Å². The molecular weight excluding hydrogens is 584 g/mol. The molecule has 15 nitrogen and oxygen atoms in total. The average molecular weight is 625 g/mol. The van der Waals surface area contributed by atoms with Crippen LogP contribution in [0.25, 0.3) is 0 Å². The summed E-state index contributed by atoms with van der Waals surface area (Å²) in [6.07, 6.45) is -0.0806. The second-order valence-corrected chi connectivity index (χ2v) is 10.4. The molecule has 0 radical (unpaired) electrons. The van der Waals surface area contributed by atoms with Crippen LogP contribution in [0.5, 0.6) is 0 Å². The lowest BCUT2D eigenvalue weighted by Gasteiger charge is -2.35. The predicted octanol–water partition coefficient (Wildman–Crippen LogP) is -0.619. The van der Waals surface area contributed by atoms with Crippen molar-refractivity contribution in [3.63, 3.8) is 0 Å². The van der Waals surface area contributed by atoms with Gasteiger partial charge in [0.15, 0.2) is 0 Å². The second-order valence-electron chi connectivity index (χ2n) is 10.2. The topological polar surface area (TPSA) is 203 Å². The Morgan fingerprint density at radius 3 is 1.58 bits per heavy atom. The van der Waals surface area contributed by atoms with E-state index in [-0.39, 0.29) is 97.3 Å². The van der Waals surface area contributed by atoms with Crippen molar-refractivity contribution in [2.75, 3.05) is 77.3 Å². The molecule has 1 aliphatic rings. The van der Waals surface area contributed by atoms with Crippen LogP contribution in [0.3, 0.4) is 0 Å². The molecule has 1 unspecified atom stereocenters. The van der Waals surface area contributed by atoms with Crippen molar-refractivity contribution >= 4 is 53.2 Å². The monoisotopic (exact) mass is 624 g/mol. The molecule has 0 bridgehead atoms. The summed E-state index contributed by atoms with van der Waals surface area (Å²) in [5.41, 5.74) is 3.04. The van der Waals surface area contributed by atoms with Gasteiger partial charge in [-0.2, -0.15) is 0 Å². The fraction of sp³-hybridized carbons (Fsp3) is 0.556. The van der Waals surface area contributed by atoms with E-state index in [4.69, 9.17) is 12.2 Å². The molecule has 1 aliphatic heterocycles. The summed E-state index contributed by atoms with van der Waals surface area (Å²) in [6.45, 7) is 0.880. The van der Waals surface area contributed by atoms with Crippen LogP contribution < -0.4 is 10.6 Å². The maximum absolute atomic E-state index is 12.6. The molecular formula is C27H40N6O9S. The van der Waals surface area contributed by atoms with Gasteiger partial charge in [0.25, 0.3) is 0 Å². The number of carboxylic acids is 4. The third-order valence-corrected chi connectivity index (χ3v) is 7.11. The van der Waals surface area contributed by atoms with Gasteiger partial charge in [-0.05, 0) is 24.1 Å². The van der Waals surface area contributed by atoms with Crippen molar-refractivity contribution < 1.29 is 44.4 Å². The highest BCUT2D eigenvalue weighted by atomic mass is 32.1. The van der Waals surface area contributed by atoms with Crippen LogP contribution in [0.1, 0.15) is 18.4 Å². The molecule has 1 saturated heterocycles. The smallest absolute Gasteiger partial charge is 0.320 e. The first-order chi connectivity index (χ1) is 20.5. The van der Waals surface area contributed by atoms with Gasteiger partial charge in [0.1, 0.15) is 6.04 Å². The Hall–Kier alpha value is -3.70. The largest absolute Gasteiger partial charge is 0.480 e. The Balaban J connectivity index is 2.12. The molecule has 0 spiro atoms. The Labute approximate surface area is 255 Å².